The lowest BCUT2D eigenvalue weighted by molar-refractivity contribution is -0.129. The number of carbonyl (C=O) groups excluding carboxylic acids is 3. The van der Waals surface area contributed by atoms with E-state index in [9.17, 15) is 23.2 Å². The minimum Gasteiger partial charge on any atom is -0.354 e. The lowest BCUT2D eigenvalue weighted by atomic mass is 10.1. The van der Waals surface area contributed by atoms with Gasteiger partial charge in [-0.25, -0.2) is 8.78 Å². The zero-order valence-electron chi connectivity index (χ0n) is 15.7. The molecule has 1 aliphatic rings. The Labute approximate surface area is 166 Å². The van der Waals surface area contributed by atoms with Crippen LogP contribution in [0.4, 0.5) is 8.78 Å². The van der Waals surface area contributed by atoms with Gasteiger partial charge in [-0.05, 0) is 17.7 Å². The van der Waals surface area contributed by atoms with Gasteiger partial charge in [-0.2, -0.15) is 0 Å². The lowest BCUT2D eigenvalue weighted by Gasteiger charge is -2.16. The molecular formula is C21H21F2N3O3. The largest absolute Gasteiger partial charge is 0.354 e. The molecule has 0 spiro atoms. The molecule has 6 nitrogen and oxygen atoms in total. The Hall–Kier alpha value is -3.29. The van der Waals surface area contributed by atoms with Gasteiger partial charge in [-0.15, -0.1) is 0 Å². The molecule has 1 atom stereocenters. The Bertz CT molecular complexity index is 905. The predicted octanol–water partition coefficient (Wildman–Crippen LogP) is 1.86. The molecule has 152 valence electrons. The quantitative estimate of drug-likeness (QED) is 0.696. The molecule has 1 fully saturated rings. The average Bonchev–Trinajstić information content (AvgIpc) is 3.06. The minimum absolute atomic E-state index is 0.0749. The summed E-state index contributed by atoms with van der Waals surface area (Å²) in [5.74, 6) is -3.20. The Morgan fingerprint density at radius 3 is 2.48 bits per heavy atom. The summed E-state index contributed by atoms with van der Waals surface area (Å²) in [5, 5.41) is 5.14. The summed E-state index contributed by atoms with van der Waals surface area (Å²) < 4.78 is 26.5. The van der Waals surface area contributed by atoms with Crippen molar-refractivity contribution in [3.8, 4) is 0 Å². The van der Waals surface area contributed by atoms with Crippen molar-refractivity contribution in [2.75, 3.05) is 19.6 Å². The fourth-order valence-electron chi connectivity index (χ4n) is 3.18. The highest BCUT2D eigenvalue weighted by molar-refractivity contribution is 5.94. The van der Waals surface area contributed by atoms with E-state index in [0.717, 1.165) is 17.7 Å². The average molecular weight is 401 g/mol. The van der Waals surface area contributed by atoms with Crippen molar-refractivity contribution in [3.63, 3.8) is 0 Å². The summed E-state index contributed by atoms with van der Waals surface area (Å²) >= 11 is 0. The number of nitrogens with zero attached hydrogens (tertiary/aromatic N) is 1. The number of likely N-dealkylation sites (tertiary alicyclic amines) is 1. The van der Waals surface area contributed by atoms with E-state index in [2.05, 4.69) is 10.6 Å². The molecule has 8 heteroatoms. The molecular weight excluding hydrogens is 380 g/mol. The van der Waals surface area contributed by atoms with Crippen molar-refractivity contribution < 1.29 is 23.2 Å². The molecule has 1 heterocycles. The molecule has 0 aliphatic carbocycles. The fraction of sp³-hybridized carbons (Fsp3) is 0.286. The molecule has 2 aromatic rings. The number of halogens is 2. The fourth-order valence-corrected chi connectivity index (χ4v) is 3.18. The van der Waals surface area contributed by atoms with Gasteiger partial charge < -0.3 is 15.5 Å². The topological polar surface area (TPSA) is 78.5 Å². The van der Waals surface area contributed by atoms with Gasteiger partial charge in [0.15, 0.2) is 0 Å². The van der Waals surface area contributed by atoms with Crippen molar-refractivity contribution >= 4 is 17.7 Å². The van der Waals surface area contributed by atoms with Crippen LogP contribution in [-0.2, 0) is 16.1 Å². The molecule has 0 aromatic heterocycles. The Morgan fingerprint density at radius 2 is 1.76 bits per heavy atom. The third-order valence-electron chi connectivity index (χ3n) is 4.69. The van der Waals surface area contributed by atoms with Gasteiger partial charge in [0.1, 0.15) is 11.6 Å². The van der Waals surface area contributed by atoms with Gasteiger partial charge >= 0.3 is 0 Å². The Balaban J connectivity index is 1.41. The van der Waals surface area contributed by atoms with Crippen LogP contribution in [0.5, 0.6) is 0 Å². The molecule has 1 saturated heterocycles. The maximum absolute atomic E-state index is 13.6. The van der Waals surface area contributed by atoms with Gasteiger partial charge in [0.05, 0.1) is 11.5 Å². The van der Waals surface area contributed by atoms with E-state index in [1.807, 2.05) is 30.3 Å². The van der Waals surface area contributed by atoms with E-state index in [-0.39, 0.29) is 36.9 Å². The van der Waals surface area contributed by atoms with Crippen LogP contribution >= 0.6 is 0 Å². The zero-order valence-corrected chi connectivity index (χ0v) is 15.7. The maximum atomic E-state index is 13.6. The molecule has 3 amide bonds. The Morgan fingerprint density at radius 1 is 1.03 bits per heavy atom. The molecule has 2 N–H and O–H groups in total. The van der Waals surface area contributed by atoms with E-state index in [1.54, 1.807) is 4.90 Å². The lowest BCUT2D eigenvalue weighted by Crippen LogP contribution is -2.38. The van der Waals surface area contributed by atoms with Crippen LogP contribution in [-0.4, -0.2) is 42.3 Å². The summed E-state index contributed by atoms with van der Waals surface area (Å²) in [5.41, 5.74) is 0.730. The second-order valence-electron chi connectivity index (χ2n) is 6.83. The van der Waals surface area contributed by atoms with E-state index < -0.39 is 23.5 Å². The Kier molecular flexibility index (Phi) is 6.54. The molecule has 29 heavy (non-hydrogen) atoms. The zero-order chi connectivity index (χ0) is 20.8. The van der Waals surface area contributed by atoms with E-state index in [0.29, 0.717) is 19.2 Å². The number of carbonyl (C=O) groups is 3. The first-order valence-corrected chi connectivity index (χ1v) is 9.26. The minimum atomic E-state index is -0.950. The highest BCUT2D eigenvalue weighted by atomic mass is 19.1. The third kappa shape index (κ3) is 5.37. The summed E-state index contributed by atoms with van der Waals surface area (Å²) in [6.07, 6.45) is 0.145. The molecule has 0 bridgehead atoms. The van der Waals surface area contributed by atoms with Gasteiger partial charge in [-0.3, -0.25) is 14.4 Å². The monoisotopic (exact) mass is 401 g/mol. The molecule has 2 aromatic carbocycles. The van der Waals surface area contributed by atoms with Crippen LogP contribution in [0.2, 0.25) is 0 Å². The molecule has 0 saturated carbocycles. The highest BCUT2D eigenvalue weighted by Crippen LogP contribution is 2.20. The van der Waals surface area contributed by atoms with Gasteiger partial charge in [-0.1, -0.05) is 30.3 Å². The second kappa shape index (κ2) is 9.27. The number of benzene rings is 2. The predicted molar refractivity (Wildman–Crippen MR) is 102 cm³/mol. The summed E-state index contributed by atoms with van der Waals surface area (Å²) in [7, 11) is 0. The SMILES string of the molecule is O=C(NCCNC(=O)C1CC(=O)N(Cc2ccccc2)C1)c1ccc(F)cc1F. The standard InChI is InChI=1S/C21H21F2N3O3/c22-16-6-7-17(18(23)11-16)21(29)25-9-8-24-20(28)15-10-19(27)26(13-15)12-14-4-2-1-3-5-14/h1-7,11,15H,8-10,12-13H2,(H,24,28)(H,25,29). The normalized spacial score (nSPS) is 16.0. The van der Waals surface area contributed by atoms with Gasteiger partial charge in [0, 0.05) is 38.7 Å². The second-order valence-corrected chi connectivity index (χ2v) is 6.83. The van der Waals surface area contributed by atoms with Crippen LogP contribution in [0.1, 0.15) is 22.3 Å². The maximum Gasteiger partial charge on any atom is 0.254 e. The molecule has 3 rings (SSSR count). The van der Waals surface area contributed by atoms with E-state index >= 15 is 0 Å². The smallest absolute Gasteiger partial charge is 0.254 e. The number of hydrogen-bond donors (Lipinski definition) is 2. The van der Waals surface area contributed by atoms with Crippen molar-refractivity contribution in [2.45, 2.75) is 13.0 Å². The molecule has 1 unspecified atom stereocenters. The van der Waals surface area contributed by atoms with Crippen molar-refractivity contribution in [1.29, 1.82) is 0 Å². The van der Waals surface area contributed by atoms with Crippen LogP contribution in [0.25, 0.3) is 0 Å². The van der Waals surface area contributed by atoms with E-state index in [4.69, 9.17) is 0 Å². The molecule has 0 radical (unpaired) electrons. The van der Waals surface area contributed by atoms with Crippen LogP contribution in [0.3, 0.4) is 0 Å². The molecule has 1 aliphatic heterocycles. The third-order valence-corrected chi connectivity index (χ3v) is 4.69. The van der Waals surface area contributed by atoms with Crippen molar-refractivity contribution in [2.24, 2.45) is 5.92 Å². The van der Waals surface area contributed by atoms with E-state index in [1.165, 1.54) is 0 Å². The first-order valence-electron chi connectivity index (χ1n) is 9.26. The highest BCUT2D eigenvalue weighted by Gasteiger charge is 2.34. The van der Waals surface area contributed by atoms with Crippen LogP contribution in [0, 0.1) is 17.6 Å². The number of amides is 3. The van der Waals surface area contributed by atoms with Gasteiger partial charge in [0.2, 0.25) is 11.8 Å². The number of rotatable bonds is 7. The summed E-state index contributed by atoms with van der Waals surface area (Å²) in [6.45, 7) is 1.02. The number of nitrogens with one attached hydrogen (secondary N) is 2. The summed E-state index contributed by atoms with van der Waals surface area (Å²) in [4.78, 5) is 38.0. The van der Waals surface area contributed by atoms with Crippen molar-refractivity contribution in [1.82, 2.24) is 15.5 Å². The van der Waals surface area contributed by atoms with Crippen molar-refractivity contribution in [3.05, 3.63) is 71.3 Å². The van der Waals surface area contributed by atoms with Crippen LogP contribution < -0.4 is 10.6 Å². The summed E-state index contributed by atoms with van der Waals surface area (Å²) in [6, 6.07) is 12.2. The first kappa shape index (κ1) is 20.4. The van der Waals surface area contributed by atoms with Gasteiger partial charge in [0.25, 0.3) is 5.91 Å². The van der Waals surface area contributed by atoms with Crippen LogP contribution in [0.15, 0.2) is 48.5 Å². The number of hydrogen-bond acceptors (Lipinski definition) is 3. The first-order chi connectivity index (χ1) is 13.9.